The van der Waals surface area contributed by atoms with Crippen molar-refractivity contribution in [3.05, 3.63) is 35.4 Å². The van der Waals surface area contributed by atoms with Gasteiger partial charge < -0.3 is 5.32 Å². The van der Waals surface area contributed by atoms with E-state index in [4.69, 9.17) is 0 Å². The number of amides is 1. The average molecular weight is 311 g/mol. The number of hydrogen-bond acceptors (Lipinski definition) is 1. The maximum atomic E-state index is 13.0. The summed E-state index contributed by atoms with van der Waals surface area (Å²) in [6.07, 6.45) is 0. The van der Waals surface area contributed by atoms with Gasteiger partial charge >= 0.3 is 0 Å². The smallest absolute Gasteiger partial charge is 0.254 e. The van der Waals surface area contributed by atoms with Gasteiger partial charge in [0, 0.05) is 11.0 Å². The molecule has 0 bridgehead atoms. The molecule has 0 aliphatic rings. The molecule has 1 rings (SSSR count). The number of benzene rings is 1. The number of halogens is 3. The van der Waals surface area contributed by atoms with E-state index in [0.717, 1.165) is 10.5 Å². The Morgan fingerprint density at radius 3 is 2.79 bits per heavy atom. The third-order valence-electron chi connectivity index (χ3n) is 1.58. The third-order valence-corrected chi connectivity index (χ3v) is 2.12. The molecule has 0 radical (unpaired) electrons. The topological polar surface area (TPSA) is 29.1 Å². The fourth-order valence-electron chi connectivity index (χ4n) is 0.935. The van der Waals surface area contributed by atoms with Gasteiger partial charge in [-0.15, -0.1) is 0 Å². The molecule has 14 heavy (non-hydrogen) atoms. The van der Waals surface area contributed by atoms with Crippen molar-refractivity contribution in [1.29, 1.82) is 0 Å². The van der Waals surface area contributed by atoms with Crippen molar-refractivity contribution in [2.75, 3.05) is 11.0 Å². The van der Waals surface area contributed by atoms with Crippen LogP contribution in [0.3, 0.4) is 0 Å². The van der Waals surface area contributed by atoms with Crippen LogP contribution in [-0.4, -0.2) is 16.9 Å². The third kappa shape index (κ3) is 2.63. The summed E-state index contributed by atoms with van der Waals surface area (Å²) >= 11 is 2.07. The Morgan fingerprint density at radius 1 is 1.43 bits per heavy atom. The Kier molecular flexibility index (Phi) is 4.24. The monoisotopic (exact) mass is 311 g/mol. The first kappa shape index (κ1) is 11.4. The van der Waals surface area contributed by atoms with Crippen molar-refractivity contribution in [2.24, 2.45) is 0 Å². The van der Waals surface area contributed by atoms with Gasteiger partial charge in [0.2, 0.25) is 0 Å². The van der Waals surface area contributed by atoms with Crippen LogP contribution < -0.4 is 5.32 Å². The summed E-state index contributed by atoms with van der Waals surface area (Å²) in [6, 6.07) is 3.53. The summed E-state index contributed by atoms with van der Waals surface area (Å²) in [4.78, 5) is 11.3. The number of hydrogen-bond donors (Lipinski definition) is 1. The molecular weight excluding hydrogens is 303 g/mol. The molecule has 0 aliphatic heterocycles. The number of nitrogens with one attached hydrogen (secondary N) is 1. The number of carbonyl (C=O) groups excluding carboxylic acids is 1. The van der Waals surface area contributed by atoms with E-state index in [2.05, 4.69) is 27.9 Å². The zero-order valence-electron chi connectivity index (χ0n) is 7.19. The Balaban J connectivity index is 2.84. The van der Waals surface area contributed by atoms with Gasteiger partial charge in [0.1, 0.15) is 0 Å². The first-order valence-electron chi connectivity index (χ1n) is 3.95. The lowest BCUT2D eigenvalue weighted by Crippen LogP contribution is -2.26. The molecular formula is C9H8F2INO. The van der Waals surface area contributed by atoms with E-state index < -0.39 is 17.5 Å². The van der Waals surface area contributed by atoms with Crippen LogP contribution in [-0.2, 0) is 0 Å². The zero-order chi connectivity index (χ0) is 10.6. The SMILES string of the molecule is O=C(NCCI)c1cccc(F)c1F. The van der Waals surface area contributed by atoms with E-state index in [0.29, 0.717) is 6.54 Å². The second kappa shape index (κ2) is 5.23. The summed E-state index contributed by atoms with van der Waals surface area (Å²) < 4.78 is 26.5. The normalized spacial score (nSPS) is 9.93. The highest BCUT2D eigenvalue weighted by molar-refractivity contribution is 14.1. The van der Waals surface area contributed by atoms with Gasteiger partial charge in [0.05, 0.1) is 5.56 Å². The van der Waals surface area contributed by atoms with E-state index in [1.807, 2.05) is 0 Å². The lowest BCUT2D eigenvalue weighted by molar-refractivity contribution is 0.0951. The Morgan fingerprint density at radius 2 is 2.14 bits per heavy atom. The van der Waals surface area contributed by atoms with Crippen LogP contribution >= 0.6 is 22.6 Å². The van der Waals surface area contributed by atoms with Crippen molar-refractivity contribution in [3.8, 4) is 0 Å². The van der Waals surface area contributed by atoms with Crippen molar-refractivity contribution >= 4 is 28.5 Å². The molecule has 1 aromatic rings. The first-order valence-corrected chi connectivity index (χ1v) is 5.47. The standard InChI is InChI=1S/C9H8F2INO/c10-7-3-1-2-6(8(7)11)9(14)13-5-4-12/h1-3H,4-5H2,(H,13,14). The van der Waals surface area contributed by atoms with Crippen LogP contribution in [0.2, 0.25) is 0 Å². The van der Waals surface area contributed by atoms with Crippen molar-refractivity contribution < 1.29 is 13.6 Å². The summed E-state index contributed by atoms with van der Waals surface area (Å²) in [5.74, 6) is -2.69. The minimum absolute atomic E-state index is 0.255. The molecule has 5 heteroatoms. The highest BCUT2D eigenvalue weighted by atomic mass is 127. The molecule has 0 heterocycles. The molecule has 76 valence electrons. The van der Waals surface area contributed by atoms with Gasteiger partial charge in [-0.3, -0.25) is 4.79 Å². The second-order valence-electron chi connectivity index (χ2n) is 2.55. The van der Waals surface area contributed by atoms with Gasteiger partial charge in [-0.05, 0) is 12.1 Å². The van der Waals surface area contributed by atoms with E-state index >= 15 is 0 Å². The second-order valence-corrected chi connectivity index (χ2v) is 3.63. The highest BCUT2D eigenvalue weighted by Gasteiger charge is 2.13. The summed E-state index contributed by atoms with van der Waals surface area (Å²) in [7, 11) is 0. The Bertz CT molecular complexity index is 344. The van der Waals surface area contributed by atoms with Gasteiger partial charge in [-0.25, -0.2) is 8.78 Å². The quantitative estimate of drug-likeness (QED) is 0.672. The van der Waals surface area contributed by atoms with Crippen molar-refractivity contribution in [3.63, 3.8) is 0 Å². The fourth-order valence-corrected chi connectivity index (χ4v) is 1.20. The van der Waals surface area contributed by atoms with Crippen LogP contribution in [0.4, 0.5) is 8.78 Å². The van der Waals surface area contributed by atoms with E-state index in [1.54, 1.807) is 0 Å². The summed E-state index contributed by atoms with van der Waals surface area (Å²) in [6.45, 7) is 0.440. The van der Waals surface area contributed by atoms with Crippen LogP contribution in [0.1, 0.15) is 10.4 Å². The predicted molar refractivity (Wildman–Crippen MR) is 57.6 cm³/mol. The van der Waals surface area contributed by atoms with Gasteiger partial charge in [0.25, 0.3) is 5.91 Å². The molecule has 1 amide bonds. The number of alkyl halides is 1. The van der Waals surface area contributed by atoms with Crippen LogP contribution in [0.5, 0.6) is 0 Å². The van der Waals surface area contributed by atoms with Gasteiger partial charge in [0.15, 0.2) is 11.6 Å². The Hall–Kier alpha value is -0.720. The molecule has 1 aromatic carbocycles. The maximum absolute atomic E-state index is 13.0. The largest absolute Gasteiger partial charge is 0.351 e. The van der Waals surface area contributed by atoms with Crippen molar-refractivity contribution in [2.45, 2.75) is 0 Å². The highest BCUT2D eigenvalue weighted by Crippen LogP contribution is 2.10. The average Bonchev–Trinajstić information content (AvgIpc) is 2.18. The minimum Gasteiger partial charge on any atom is -0.351 e. The molecule has 0 unspecified atom stereocenters. The van der Waals surface area contributed by atoms with E-state index in [9.17, 15) is 13.6 Å². The van der Waals surface area contributed by atoms with Crippen LogP contribution in [0.15, 0.2) is 18.2 Å². The minimum atomic E-state index is -1.10. The predicted octanol–water partition coefficient (Wildman–Crippen LogP) is 2.13. The summed E-state index contributed by atoms with van der Waals surface area (Å²) in [5, 5.41) is 2.46. The van der Waals surface area contributed by atoms with Crippen LogP contribution in [0, 0.1) is 11.6 Å². The molecule has 0 spiro atoms. The van der Waals surface area contributed by atoms with Gasteiger partial charge in [-0.2, -0.15) is 0 Å². The molecule has 0 saturated carbocycles. The molecule has 1 N–H and O–H groups in total. The summed E-state index contributed by atoms with van der Waals surface area (Å²) in [5.41, 5.74) is -0.255. The van der Waals surface area contributed by atoms with E-state index in [1.165, 1.54) is 12.1 Å². The van der Waals surface area contributed by atoms with Crippen LogP contribution in [0.25, 0.3) is 0 Å². The molecule has 2 nitrogen and oxygen atoms in total. The zero-order valence-corrected chi connectivity index (χ0v) is 9.35. The lowest BCUT2D eigenvalue weighted by atomic mass is 10.2. The maximum Gasteiger partial charge on any atom is 0.254 e. The lowest BCUT2D eigenvalue weighted by Gasteiger charge is -2.04. The van der Waals surface area contributed by atoms with Crippen molar-refractivity contribution in [1.82, 2.24) is 5.32 Å². The number of rotatable bonds is 3. The van der Waals surface area contributed by atoms with E-state index in [-0.39, 0.29) is 5.56 Å². The molecule has 0 saturated heterocycles. The number of carbonyl (C=O) groups is 1. The molecule has 0 aromatic heterocycles. The Labute approximate surface area is 93.8 Å². The first-order chi connectivity index (χ1) is 6.66. The molecule has 0 aliphatic carbocycles. The molecule has 0 atom stereocenters. The molecule has 0 fully saturated rings. The fraction of sp³-hybridized carbons (Fsp3) is 0.222. The van der Waals surface area contributed by atoms with Gasteiger partial charge in [-0.1, -0.05) is 28.7 Å².